The van der Waals surface area contributed by atoms with Gasteiger partial charge in [-0.2, -0.15) is 0 Å². The second-order valence-electron chi connectivity index (χ2n) is 7.04. The zero-order valence-electron chi connectivity index (χ0n) is 15.3. The van der Waals surface area contributed by atoms with Crippen LogP contribution in [0.2, 0.25) is 0 Å². The Morgan fingerprint density at radius 1 is 0.727 bits per heavy atom. The number of aliphatic hydroxyl groups excluding tert-OH is 1. The molecule has 1 heteroatoms. The summed E-state index contributed by atoms with van der Waals surface area (Å²) in [6.45, 7) is 4.71. The summed E-state index contributed by atoms with van der Waals surface area (Å²) >= 11 is 0. The molecule has 0 aliphatic rings. The van der Waals surface area contributed by atoms with Gasteiger partial charge < -0.3 is 5.11 Å². The van der Waals surface area contributed by atoms with E-state index in [0.717, 1.165) is 18.8 Å². The minimum atomic E-state index is -0.524. The van der Waals surface area contributed by atoms with E-state index in [9.17, 15) is 5.11 Å². The highest BCUT2D eigenvalue weighted by molar-refractivity contribution is 4.92. The quantitative estimate of drug-likeness (QED) is 0.255. The fourth-order valence-electron chi connectivity index (χ4n) is 3.04. The van der Waals surface area contributed by atoms with Crippen molar-refractivity contribution in [2.45, 2.75) is 116 Å². The number of hydrogen-bond acceptors (Lipinski definition) is 1. The number of hydrogen-bond donors (Lipinski definition) is 1. The third-order valence-electron chi connectivity index (χ3n) is 4.67. The molecule has 0 aromatic rings. The van der Waals surface area contributed by atoms with Crippen molar-refractivity contribution in [3.05, 3.63) is 0 Å². The summed E-state index contributed by atoms with van der Waals surface area (Å²) in [5.41, 5.74) is 0. The average molecular weight is 309 g/mol. The molecule has 0 amide bonds. The van der Waals surface area contributed by atoms with Crippen LogP contribution >= 0.6 is 0 Å². The minimum Gasteiger partial charge on any atom is -0.380 e. The maximum Gasteiger partial charge on any atom is 0.114 e. The van der Waals surface area contributed by atoms with E-state index in [2.05, 4.69) is 19.8 Å². The standard InChI is InChI=1S/C21H40O/c1-4-6-7-14-17-20(3)18-15-12-10-8-9-11-13-16-19-21(22)5-2/h2,20-22H,4,6-19H2,1,3H3/t20?,21-/m0/s1. The number of unbranched alkanes of at least 4 members (excludes halogenated alkanes) is 10. The van der Waals surface area contributed by atoms with E-state index in [1.807, 2.05) is 0 Å². The van der Waals surface area contributed by atoms with Gasteiger partial charge in [-0.25, -0.2) is 0 Å². The van der Waals surface area contributed by atoms with E-state index in [-0.39, 0.29) is 0 Å². The summed E-state index contributed by atoms with van der Waals surface area (Å²) in [6, 6.07) is 0. The minimum absolute atomic E-state index is 0.524. The molecule has 0 aromatic heterocycles. The Morgan fingerprint density at radius 2 is 1.14 bits per heavy atom. The van der Waals surface area contributed by atoms with Crippen molar-refractivity contribution in [2.24, 2.45) is 5.92 Å². The smallest absolute Gasteiger partial charge is 0.114 e. The van der Waals surface area contributed by atoms with Crippen molar-refractivity contribution in [1.82, 2.24) is 0 Å². The topological polar surface area (TPSA) is 20.2 Å². The van der Waals surface area contributed by atoms with Crippen molar-refractivity contribution in [3.8, 4) is 12.3 Å². The molecule has 130 valence electrons. The Balaban J connectivity index is 3.15. The number of aliphatic hydroxyl groups is 1. The van der Waals surface area contributed by atoms with Gasteiger partial charge >= 0.3 is 0 Å². The first-order valence-corrected chi connectivity index (χ1v) is 9.84. The van der Waals surface area contributed by atoms with Gasteiger partial charge in [-0.1, -0.05) is 103 Å². The van der Waals surface area contributed by atoms with Crippen LogP contribution in [-0.2, 0) is 0 Å². The van der Waals surface area contributed by atoms with E-state index in [0.29, 0.717) is 0 Å². The molecule has 0 aliphatic heterocycles. The number of terminal acetylenes is 1. The molecule has 1 unspecified atom stereocenters. The van der Waals surface area contributed by atoms with Gasteiger partial charge in [-0.15, -0.1) is 6.42 Å². The van der Waals surface area contributed by atoms with E-state index in [1.165, 1.54) is 83.5 Å². The maximum absolute atomic E-state index is 9.25. The predicted molar refractivity (Wildman–Crippen MR) is 98.9 cm³/mol. The van der Waals surface area contributed by atoms with Crippen LogP contribution in [0.25, 0.3) is 0 Å². The van der Waals surface area contributed by atoms with Crippen molar-refractivity contribution >= 4 is 0 Å². The fourth-order valence-corrected chi connectivity index (χ4v) is 3.04. The first kappa shape index (κ1) is 21.5. The van der Waals surface area contributed by atoms with Crippen molar-refractivity contribution in [2.75, 3.05) is 0 Å². The molecule has 0 aromatic carbocycles. The van der Waals surface area contributed by atoms with Crippen LogP contribution in [0.4, 0.5) is 0 Å². The first-order chi connectivity index (χ1) is 10.7. The van der Waals surface area contributed by atoms with Gasteiger partial charge in [-0.05, 0) is 18.8 Å². The Kier molecular flexibility index (Phi) is 16.5. The average Bonchev–Trinajstić information content (AvgIpc) is 2.53. The Bertz CT molecular complexity index is 253. The summed E-state index contributed by atoms with van der Waals surface area (Å²) in [7, 11) is 0. The van der Waals surface area contributed by atoms with Gasteiger partial charge in [-0.3, -0.25) is 0 Å². The monoisotopic (exact) mass is 308 g/mol. The fraction of sp³-hybridized carbons (Fsp3) is 0.905. The van der Waals surface area contributed by atoms with Gasteiger partial charge in [0.05, 0.1) is 0 Å². The summed E-state index contributed by atoms with van der Waals surface area (Å²) in [4.78, 5) is 0. The second kappa shape index (κ2) is 16.9. The third-order valence-corrected chi connectivity index (χ3v) is 4.67. The zero-order valence-corrected chi connectivity index (χ0v) is 15.3. The maximum atomic E-state index is 9.25. The van der Waals surface area contributed by atoms with E-state index in [4.69, 9.17) is 6.42 Å². The van der Waals surface area contributed by atoms with Crippen molar-refractivity contribution < 1.29 is 5.11 Å². The lowest BCUT2D eigenvalue weighted by atomic mass is 9.96. The molecule has 0 aliphatic carbocycles. The summed E-state index contributed by atoms with van der Waals surface area (Å²) in [6.07, 6.45) is 24.4. The molecule has 0 fully saturated rings. The van der Waals surface area contributed by atoms with Crippen LogP contribution in [0.3, 0.4) is 0 Å². The van der Waals surface area contributed by atoms with Gasteiger partial charge in [0.25, 0.3) is 0 Å². The molecule has 2 atom stereocenters. The molecule has 0 saturated carbocycles. The highest BCUT2D eigenvalue weighted by atomic mass is 16.3. The molecule has 0 rings (SSSR count). The molecule has 0 radical (unpaired) electrons. The van der Waals surface area contributed by atoms with E-state index < -0.39 is 6.10 Å². The predicted octanol–water partition coefficient (Wildman–Crippen LogP) is 6.49. The van der Waals surface area contributed by atoms with Gasteiger partial charge in [0.15, 0.2) is 0 Å². The largest absolute Gasteiger partial charge is 0.380 e. The lowest BCUT2D eigenvalue weighted by Gasteiger charge is -2.10. The molecule has 0 heterocycles. The van der Waals surface area contributed by atoms with Crippen LogP contribution < -0.4 is 0 Å². The van der Waals surface area contributed by atoms with Crippen molar-refractivity contribution in [1.29, 1.82) is 0 Å². The van der Waals surface area contributed by atoms with Crippen LogP contribution in [-0.4, -0.2) is 11.2 Å². The van der Waals surface area contributed by atoms with Gasteiger partial charge in [0.2, 0.25) is 0 Å². The highest BCUT2D eigenvalue weighted by Crippen LogP contribution is 2.18. The summed E-state index contributed by atoms with van der Waals surface area (Å²) in [5, 5.41) is 9.25. The Morgan fingerprint density at radius 3 is 1.59 bits per heavy atom. The second-order valence-corrected chi connectivity index (χ2v) is 7.04. The lowest BCUT2D eigenvalue weighted by Crippen LogP contribution is -2.01. The van der Waals surface area contributed by atoms with Crippen molar-refractivity contribution in [3.63, 3.8) is 0 Å². The SMILES string of the molecule is C#C[C@H](O)CCCCCCCCCCC(C)CCCCCC. The van der Waals surface area contributed by atoms with Gasteiger partial charge in [0.1, 0.15) is 6.10 Å². The number of rotatable bonds is 16. The van der Waals surface area contributed by atoms with Crippen LogP contribution in [0.1, 0.15) is 110 Å². The molecule has 0 saturated heterocycles. The third kappa shape index (κ3) is 15.9. The molecular formula is C21H40O. The van der Waals surface area contributed by atoms with E-state index in [1.54, 1.807) is 0 Å². The summed E-state index contributed by atoms with van der Waals surface area (Å²) in [5.74, 6) is 3.30. The van der Waals surface area contributed by atoms with E-state index >= 15 is 0 Å². The molecule has 1 nitrogen and oxygen atoms in total. The normalized spacial score (nSPS) is 13.7. The van der Waals surface area contributed by atoms with Gasteiger partial charge in [0, 0.05) is 0 Å². The molecule has 0 bridgehead atoms. The molecular weight excluding hydrogens is 268 g/mol. The van der Waals surface area contributed by atoms with Crippen LogP contribution in [0.15, 0.2) is 0 Å². The molecule has 1 N–H and O–H groups in total. The summed E-state index contributed by atoms with van der Waals surface area (Å²) < 4.78 is 0. The first-order valence-electron chi connectivity index (χ1n) is 9.84. The Hall–Kier alpha value is -0.480. The van der Waals surface area contributed by atoms with Crippen LogP contribution in [0.5, 0.6) is 0 Å². The highest BCUT2D eigenvalue weighted by Gasteiger charge is 2.02. The zero-order chi connectivity index (χ0) is 16.5. The molecule has 22 heavy (non-hydrogen) atoms. The van der Waals surface area contributed by atoms with Crippen LogP contribution in [0, 0.1) is 18.3 Å². The molecule has 0 spiro atoms. The lowest BCUT2D eigenvalue weighted by molar-refractivity contribution is 0.217. The Labute approximate surface area is 140 Å².